The van der Waals surface area contributed by atoms with Crippen LogP contribution in [0.15, 0.2) is 0 Å². The molecule has 0 aromatic carbocycles. The van der Waals surface area contributed by atoms with Gasteiger partial charge in [-0.1, -0.05) is 103 Å². The van der Waals surface area contributed by atoms with Crippen LogP contribution >= 0.6 is 0 Å². The number of hydrogen-bond acceptors (Lipinski definition) is 4. The maximum absolute atomic E-state index is 11.4. The molecule has 0 rings (SSSR count). The maximum Gasteiger partial charge on any atom is 0.153 e. The molecule has 0 atom stereocenters. The highest BCUT2D eigenvalue weighted by molar-refractivity contribution is 7.91. The van der Waals surface area contributed by atoms with Crippen LogP contribution in [0.25, 0.3) is 0 Å². The average Bonchev–Trinajstić information content (AvgIpc) is 2.63. The first-order valence-electron chi connectivity index (χ1n) is 11.6. The molecule has 0 aromatic heterocycles. The molecule has 0 radical (unpaired) electrons. The average molecular weight is 406 g/mol. The molecule has 0 amide bonds. The number of aliphatic hydroxyl groups excluding tert-OH is 1. The van der Waals surface area contributed by atoms with Gasteiger partial charge in [0.05, 0.1) is 18.1 Å². The van der Waals surface area contributed by atoms with Crippen molar-refractivity contribution in [3.05, 3.63) is 0 Å². The fourth-order valence-corrected chi connectivity index (χ4v) is 4.33. The molecule has 0 unspecified atom stereocenters. The minimum Gasteiger partial charge on any atom is -0.395 e. The van der Waals surface area contributed by atoms with Crippen LogP contribution in [0.3, 0.4) is 0 Å². The molecule has 2 N–H and O–H groups in total. The molecule has 0 heterocycles. The summed E-state index contributed by atoms with van der Waals surface area (Å²) in [6.45, 7) is 3.40. The highest BCUT2D eigenvalue weighted by Gasteiger charge is 2.08. The maximum atomic E-state index is 11.4. The van der Waals surface area contributed by atoms with E-state index in [4.69, 9.17) is 5.11 Å². The molecule has 0 aromatic rings. The molecular formula is C22H47NO3S. The first-order chi connectivity index (χ1) is 13.1. The minimum absolute atomic E-state index is 0.117. The van der Waals surface area contributed by atoms with E-state index in [-0.39, 0.29) is 18.1 Å². The highest BCUT2D eigenvalue weighted by atomic mass is 32.2. The van der Waals surface area contributed by atoms with E-state index >= 15 is 0 Å². The largest absolute Gasteiger partial charge is 0.395 e. The summed E-state index contributed by atoms with van der Waals surface area (Å²) in [5.41, 5.74) is 0. The number of hydrogen-bond donors (Lipinski definition) is 2. The predicted molar refractivity (Wildman–Crippen MR) is 118 cm³/mol. The van der Waals surface area contributed by atoms with Gasteiger partial charge in [-0.15, -0.1) is 0 Å². The van der Waals surface area contributed by atoms with Gasteiger partial charge in [-0.3, -0.25) is 0 Å². The van der Waals surface area contributed by atoms with Gasteiger partial charge >= 0.3 is 0 Å². The zero-order valence-electron chi connectivity index (χ0n) is 18.0. The quantitative estimate of drug-likeness (QED) is 0.242. The topological polar surface area (TPSA) is 66.4 Å². The Morgan fingerprint density at radius 1 is 0.593 bits per heavy atom. The lowest BCUT2D eigenvalue weighted by atomic mass is 10.0. The SMILES string of the molecule is CCCCCCCCCCCCCCCCCCNCCS(=O)(=O)CCO. The van der Waals surface area contributed by atoms with E-state index in [1.807, 2.05) is 0 Å². The number of rotatable bonds is 22. The third kappa shape index (κ3) is 22.0. The van der Waals surface area contributed by atoms with Crippen molar-refractivity contribution >= 4 is 9.84 Å². The van der Waals surface area contributed by atoms with Crippen LogP contribution in [0.4, 0.5) is 0 Å². The Kier molecular flexibility index (Phi) is 20.5. The van der Waals surface area contributed by atoms with Crippen LogP contribution < -0.4 is 5.32 Å². The van der Waals surface area contributed by atoms with Gasteiger partial charge in [0.2, 0.25) is 0 Å². The number of nitrogens with one attached hydrogen (secondary N) is 1. The van der Waals surface area contributed by atoms with Gasteiger partial charge in [0.25, 0.3) is 0 Å². The van der Waals surface area contributed by atoms with Crippen molar-refractivity contribution in [3.8, 4) is 0 Å². The highest BCUT2D eigenvalue weighted by Crippen LogP contribution is 2.13. The lowest BCUT2D eigenvalue weighted by Gasteiger charge is -2.06. The summed E-state index contributed by atoms with van der Waals surface area (Å²) < 4.78 is 22.8. The normalized spacial score (nSPS) is 11.9. The smallest absolute Gasteiger partial charge is 0.153 e. The van der Waals surface area contributed by atoms with Crippen molar-refractivity contribution in [2.24, 2.45) is 0 Å². The van der Waals surface area contributed by atoms with Crippen LogP contribution in [-0.4, -0.2) is 44.7 Å². The monoisotopic (exact) mass is 405 g/mol. The predicted octanol–water partition coefficient (Wildman–Crippen LogP) is 5.24. The van der Waals surface area contributed by atoms with Crippen molar-refractivity contribution in [1.82, 2.24) is 5.32 Å². The van der Waals surface area contributed by atoms with Crippen LogP contribution in [-0.2, 0) is 9.84 Å². The molecule has 0 bridgehead atoms. The van der Waals surface area contributed by atoms with Crippen molar-refractivity contribution in [1.29, 1.82) is 0 Å². The Morgan fingerprint density at radius 3 is 1.41 bits per heavy atom. The Morgan fingerprint density at radius 2 is 1.00 bits per heavy atom. The summed E-state index contributed by atoms with van der Waals surface area (Å²) in [5.74, 6) is 0.0140. The van der Waals surface area contributed by atoms with Crippen molar-refractivity contribution in [3.63, 3.8) is 0 Å². The molecule has 0 aliphatic carbocycles. The van der Waals surface area contributed by atoms with Crippen molar-refractivity contribution in [2.75, 3.05) is 31.2 Å². The van der Waals surface area contributed by atoms with Gasteiger partial charge in [0, 0.05) is 6.54 Å². The molecule has 0 aliphatic rings. The third-order valence-corrected chi connectivity index (χ3v) is 6.83. The second-order valence-corrected chi connectivity index (χ2v) is 10.2. The lowest BCUT2D eigenvalue weighted by Crippen LogP contribution is -2.26. The molecular weight excluding hydrogens is 358 g/mol. The summed E-state index contributed by atoms with van der Waals surface area (Å²) in [6, 6.07) is 0. The summed E-state index contributed by atoms with van der Waals surface area (Å²) in [5, 5.41) is 11.8. The summed E-state index contributed by atoms with van der Waals surface area (Å²) in [6.07, 6.45) is 21.9. The van der Waals surface area contributed by atoms with Crippen molar-refractivity contribution < 1.29 is 13.5 Å². The summed E-state index contributed by atoms with van der Waals surface area (Å²) >= 11 is 0. The molecule has 0 spiro atoms. The van der Waals surface area contributed by atoms with Gasteiger partial charge in [0.1, 0.15) is 0 Å². The molecule has 0 aliphatic heterocycles. The molecule has 0 fully saturated rings. The van der Waals surface area contributed by atoms with E-state index in [9.17, 15) is 8.42 Å². The fourth-order valence-electron chi connectivity index (χ4n) is 3.39. The first kappa shape index (κ1) is 26.9. The van der Waals surface area contributed by atoms with E-state index in [0.29, 0.717) is 6.54 Å². The van der Waals surface area contributed by atoms with Crippen LogP contribution in [0.5, 0.6) is 0 Å². The minimum atomic E-state index is -3.07. The Labute approximate surface area is 169 Å². The molecule has 4 nitrogen and oxygen atoms in total. The first-order valence-corrected chi connectivity index (χ1v) is 13.5. The Balaban J connectivity index is 3.11. The Hall–Kier alpha value is -0.130. The molecule has 164 valence electrons. The molecule has 5 heteroatoms. The van der Waals surface area contributed by atoms with Gasteiger partial charge in [0.15, 0.2) is 9.84 Å². The van der Waals surface area contributed by atoms with Gasteiger partial charge in [-0.2, -0.15) is 0 Å². The van der Waals surface area contributed by atoms with Gasteiger partial charge in [-0.05, 0) is 13.0 Å². The second kappa shape index (κ2) is 20.6. The van der Waals surface area contributed by atoms with Crippen LogP contribution in [0.1, 0.15) is 110 Å². The van der Waals surface area contributed by atoms with E-state index in [1.165, 1.54) is 96.3 Å². The summed E-state index contributed by atoms with van der Waals surface area (Å²) in [7, 11) is -3.07. The molecule has 0 saturated carbocycles. The van der Waals surface area contributed by atoms with Crippen molar-refractivity contribution in [2.45, 2.75) is 110 Å². The standard InChI is InChI=1S/C22H47NO3S/c1-2-3-4-5-6-7-8-9-10-11-12-13-14-15-16-17-18-23-19-21-27(25,26)22-20-24/h23-24H,2-22H2,1H3. The van der Waals surface area contributed by atoms with Crippen LogP contribution in [0.2, 0.25) is 0 Å². The van der Waals surface area contributed by atoms with Gasteiger partial charge in [-0.25, -0.2) is 8.42 Å². The van der Waals surface area contributed by atoms with E-state index < -0.39 is 9.84 Å². The van der Waals surface area contributed by atoms with E-state index in [0.717, 1.165) is 13.0 Å². The van der Waals surface area contributed by atoms with Crippen LogP contribution in [0, 0.1) is 0 Å². The fraction of sp³-hybridized carbons (Fsp3) is 1.00. The number of sulfone groups is 1. The third-order valence-electron chi connectivity index (χ3n) is 5.20. The van der Waals surface area contributed by atoms with E-state index in [1.54, 1.807) is 0 Å². The Bertz CT molecular complexity index is 385. The lowest BCUT2D eigenvalue weighted by molar-refractivity contribution is 0.319. The van der Waals surface area contributed by atoms with Gasteiger partial charge < -0.3 is 10.4 Å². The number of unbranched alkanes of at least 4 members (excludes halogenated alkanes) is 15. The summed E-state index contributed by atoms with van der Waals surface area (Å²) in [4.78, 5) is 0. The second-order valence-electron chi connectivity index (χ2n) is 7.93. The zero-order valence-corrected chi connectivity index (χ0v) is 18.8. The molecule has 0 saturated heterocycles. The number of aliphatic hydroxyl groups is 1. The zero-order chi connectivity index (χ0) is 20.1. The van der Waals surface area contributed by atoms with E-state index in [2.05, 4.69) is 12.2 Å². The molecule has 27 heavy (non-hydrogen) atoms.